The van der Waals surface area contributed by atoms with Crippen molar-refractivity contribution in [3.05, 3.63) is 160 Å². The Bertz CT molecular complexity index is 4000. The summed E-state index contributed by atoms with van der Waals surface area (Å²) < 4.78 is 5.46. The van der Waals surface area contributed by atoms with Crippen LogP contribution < -0.4 is 16.2 Å². The van der Waals surface area contributed by atoms with Crippen molar-refractivity contribution >= 4 is 93.7 Å². The van der Waals surface area contributed by atoms with E-state index in [0.29, 0.717) is 0 Å². The van der Waals surface area contributed by atoms with Crippen LogP contribution in [-0.4, -0.2) is 11.8 Å². The maximum atomic E-state index is 4.29. The van der Waals surface area contributed by atoms with Crippen molar-refractivity contribution in [3.8, 4) is 27.9 Å². The van der Waals surface area contributed by atoms with Crippen LogP contribution in [0.2, 0.25) is 0 Å². The highest BCUT2D eigenvalue weighted by atomic mass is 32.1. The summed E-state index contributed by atoms with van der Waals surface area (Å²) in [5.74, 6) is 0. The highest BCUT2D eigenvalue weighted by Crippen LogP contribution is 2.57. The van der Waals surface area contributed by atoms with Crippen molar-refractivity contribution in [1.29, 1.82) is 0 Å². The van der Waals surface area contributed by atoms with Gasteiger partial charge in [-0.15, -0.1) is 11.3 Å². The van der Waals surface area contributed by atoms with Crippen LogP contribution in [0.3, 0.4) is 0 Å². The average molecular weight is 927 g/mol. The first-order valence-electron chi connectivity index (χ1n) is 26.1. The molecule has 4 aliphatic rings. The molecule has 0 fully saturated rings. The normalized spacial score (nSPS) is 18.4. The summed E-state index contributed by atoms with van der Waals surface area (Å²) in [6.07, 6.45) is 4.78. The predicted octanol–water partition coefficient (Wildman–Crippen LogP) is 16.7. The number of anilines is 2. The zero-order valence-corrected chi connectivity index (χ0v) is 43.8. The van der Waals surface area contributed by atoms with Gasteiger partial charge in [0.1, 0.15) is 0 Å². The van der Waals surface area contributed by atoms with Crippen LogP contribution in [-0.2, 0) is 27.1 Å². The van der Waals surface area contributed by atoms with Crippen molar-refractivity contribution in [3.63, 3.8) is 0 Å². The number of hydrogen-bond donors (Lipinski definition) is 1. The maximum Gasteiger partial charge on any atom is 0.198 e. The number of para-hydroxylation sites is 1. The maximum absolute atomic E-state index is 4.29. The van der Waals surface area contributed by atoms with Gasteiger partial charge in [0, 0.05) is 70.1 Å². The Hall–Kier alpha value is -6.10. The Morgan fingerprint density at radius 3 is 1.91 bits per heavy atom. The van der Waals surface area contributed by atoms with Crippen LogP contribution >= 0.6 is 11.3 Å². The van der Waals surface area contributed by atoms with Crippen molar-refractivity contribution in [2.75, 3.05) is 5.32 Å². The zero-order valence-electron chi connectivity index (χ0n) is 42.9. The van der Waals surface area contributed by atoms with Crippen molar-refractivity contribution in [1.82, 2.24) is 4.57 Å². The molecule has 1 aliphatic heterocycles. The van der Waals surface area contributed by atoms with Crippen LogP contribution in [0.1, 0.15) is 134 Å². The number of nitrogens with zero attached hydrogens (tertiary/aromatic N) is 1. The van der Waals surface area contributed by atoms with Gasteiger partial charge in [0.25, 0.3) is 0 Å². The van der Waals surface area contributed by atoms with E-state index in [4.69, 9.17) is 0 Å². The average Bonchev–Trinajstić information content (AvgIpc) is 3.95. The van der Waals surface area contributed by atoms with Crippen LogP contribution in [0.4, 0.5) is 11.4 Å². The first-order chi connectivity index (χ1) is 33.3. The molecule has 3 heterocycles. The lowest BCUT2D eigenvalue weighted by Crippen LogP contribution is -2.38. The minimum atomic E-state index is -0.220. The summed E-state index contributed by atoms with van der Waals surface area (Å²) in [5, 5.41) is 12.4. The topological polar surface area (TPSA) is 17.0 Å². The smallest absolute Gasteiger partial charge is 0.198 e. The molecule has 2 aromatic heterocycles. The lowest BCUT2D eigenvalue weighted by Gasteiger charge is -2.42. The van der Waals surface area contributed by atoms with Crippen LogP contribution in [0.25, 0.3) is 80.7 Å². The molecule has 0 saturated carbocycles. The molecule has 3 aliphatic carbocycles. The molecule has 4 heteroatoms. The number of nitrogens with one attached hydrogen (secondary N) is 1. The lowest BCUT2D eigenvalue weighted by atomic mass is 9.58. The van der Waals surface area contributed by atoms with Gasteiger partial charge in [-0.25, -0.2) is 0 Å². The third-order valence-electron chi connectivity index (χ3n) is 18.6. The molecule has 70 heavy (non-hydrogen) atoms. The fraction of sp³-hybridized carbons (Fsp3) is 0.303. The lowest BCUT2D eigenvalue weighted by molar-refractivity contribution is 0.332. The van der Waals surface area contributed by atoms with Gasteiger partial charge in [-0.3, -0.25) is 0 Å². The minimum absolute atomic E-state index is 0.0847. The van der Waals surface area contributed by atoms with Gasteiger partial charge in [0.05, 0.1) is 5.52 Å². The molecule has 8 aromatic carbocycles. The van der Waals surface area contributed by atoms with E-state index in [2.05, 4.69) is 207 Å². The summed E-state index contributed by atoms with van der Waals surface area (Å²) >= 11 is 1.99. The second-order valence-electron chi connectivity index (χ2n) is 25.1. The van der Waals surface area contributed by atoms with Gasteiger partial charge in [0.15, 0.2) is 7.28 Å². The van der Waals surface area contributed by atoms with Crippen molar-refractivity contribution in [2.45, 2.75) is 129 Å². The summed E-state index contributed by atoms with van der Waals surface area (Å²) in [5.41, 5.74) is 25.0. The number of hydrogen-bond acceptors (Lipinski definition) is 2. The highest BCUT2D eigenvalue weighted by molar-refractivity contribution is 7.26. The monoisotopic (exact) mass is 926 g/mol. The summed E-state index contributed by atoms with van der Waals surface area (Å²) in [6.45, 7) is 27.0. The van der Waals surface area contributed by atoms with E-state index in [1.165, 1.54) is 168 Å². The van der Waals surface area contributed by atoms with Gasteiger partial charge in [-0.2, -0.15) is 0 Å². The van der Waals surface area contributed by atoms with Gasteiger partial charge in [0.2, 0.25) is 0 Å². The highest BCUT2D eigenvalue weighted by Gasteiger charge is 2.43. The molecule has 0 amide bonds. The SMILES string of the molecule is Cc1cc2c(cc1Nc1ccc3sc4cc5c(cc4c3c1-c1cc3c(c4c1Bc1cccc6c7c8ccccc8ccc7n-4c16)-c1ccccc1C3(C)C)C(C)(C)CCC5(C)C)C(C)(C)CCC2(C)C. The largest absolute Gasteiger partial charge is 0.355 e. The molecule has 0 radical (unpaired) electrons. The molecule has 1 N–H and O–H groups in total. The Morgan fingerprint density at radius 1 is 0.500 bits per heavy atom. The van der Waals surface area contributed by atoms with E-state index in [1.54, 1.807) is 0 Å². The quantitative estimate of drug-likeness (QED) is 0.175. The Balaban J connectivity index is 1.14. The molecular weight excluding hydrogens is 864 g/mol. The van der Waals surface area contributed by atoms with E-state index < -0.39 is 0 Å². The molecule has 0 saturated heterocycles. The number of aromatic nitrogens is 1. The van der Waals surface area contributed by atoms with Crippen LogP contribution in [0.15, 0.2) is 121 Å². The second kappa shape index (κ2) is 13.9. The van der Waals surface area contributed by atoms with Crippen LogP contribution in [0.5, 0.6) is 0 Å². The standard InChI is InChI=1S/C66H63BN2S/c1-36-31-44-46(64(6,7)29-27-62(44,2)3)34-51(36)68-50-24-26-53-58(41-32-45-47(35-54(41)70-53)65(8,9)30-28-63(45,4)5)57(50)42-33-48-56(39-19-14-15-21-43(39)66(48,10)11)61-59(42)67-49-22-16-20-40-55-38-18-13-12-17-37(38)23-25-52(55)69(61)60(40)49/h12-26,31-35,67-68H,27-30H2,1-11H3. The molecule has 0 atom stereocenters. The number of aryl methyl sites for hydroxylation is 1. The molecule has 346 valence electrons. The molecule has 10 aromatic rings. The van der Waals surface area contributed by atoms with E-state index in [9.17, 15) is 0 Å². The summed E-state index contributed by atoms with van der Waals surface area (Å²) in [6, 6.07) is 48.0. The first kappa shape index (κ1) is 42.8. The van der Waals surface area contributed by atoms with Gasteiger partial charge < -0.3 is 9.88 Å². The number of fused-ring (bicyclic) bond motifs is 16. The third kappa shape index (κ3) is 5.63. The van der Waals surface area contributed by atoms with E-state index >= 15 is 0 Å². The van der Waals surface area contributed by atoms with E-state index in [0.717, 1.165) is 7.28 Å². The van der Waals surface area contributed by atoms with E-state index in [1.807, 2.05) is 11.3 Å². The molecule has 2 nitrogen and oxygen atoms in total. The second-order valence-corrected chi connectivity index (χ2v) is 26.2. The Morgan fingerprint density at radius 2 is 1.16 bits per heavy atom. The number of thiophene rings is 1. The zero-order chi connectivity index (χ0) is 48.2. The first-order valence-corrected chi connectivity index (χ1v) is 26.9. The van der Waals surface area contributed by atoms with Crippen molar-refractivity contribution < 1.29 is 0 Å². The summed E-state index contributed by atoms with van der Waals surface area (Å²) in [4.78, 5) is 0. The number of benzene rings is 8. The molecule has 0 spiro atoms. The van der Waals surface area contributed by atoms with Gasteiger partial charge in [-0.1, -0.05) is 154 Å². The molecular formula is C66H63BN2S. The third-order valence-corrected chi connectivity index (χ3v) is 19.8. The molecule has 14 rings (SSSR count). The fourth-order valence-corrected chi connectivity index (χ4v) is 15.4. The molecule has 0 bridgehead atoms. The van der Waals surface area contributed by atoms with E-state index in [-0.39, 0.29) is 27.1 Å². The Kier molecular flexibility index (Phi) is 8.46. The fourth-order valence-electron chi connectivity index (χ4n) is 14.3. The van der Waals surface area contributed by atoms with Gasteiger partial charge >= 0.3 is 0 Å². The summed E-state index contributed by atoms with van der Waals surface area (Å²) in [7, 11) is 0.849. The van der Waals surface area contributed by atoms with Crippen molar-refractivity contribution in [2.24, 2.45) is 0 Å². The van der Waals surface area contributed by atoms with Crippen LogP contribution in [0, 0.1) is 6.92 Å². The molecule has 0 unspecified atom stereocenters. The Labute approximate surface area is 418 Å². The predicted molar refractivity (Wildman–Crippen MR) is 306 cm³/mol. The van der Waals surface area contributed by atoms with Gasteiger partial charge in [-0.05, 0) is 163 Å². The number of rotatable bonds is 3. The minimum Gasteiger partial charge on any atom is -0.355 e.